The van der Waals surface area contributed by atoms with Gasteiger partial charge >= 0.3 is 0 Å². The summed E-state index contributed by atoms with van der Waals surface area (Å²) < 4.78 is 0.950. The molecule has 28 heavy (non-hydrogen) atoms. The first-order chi connectivity index (χ1) is 13.6. The van der Waals surface area contributed by atoms with Gasteiger partial charge in [-0.3, -0.25) is 4.79 Å². The van der Waals surface area contributed by atoms with Crippen LogP contribution in [0.2, 0.25) is 5.02 Å². The van der Waals surface area contributed by atoms with Gasteiger partial charge in [0.1, 0.15) is 0 Å². The molecule has 0 spiro atoms. The first-order valence-corrected chi connectivity index (χ1v) is 9.75. The summed E-state index contributed by atoms with van der Waals surface area (Å²) in [6, 6.07) is 22.3. The van der Waals surface area contributed by atoms with Crippen LogP contribution < -0.4 is 5.32 Å². The van der Waals surface area contributed by atoms with E-state index in [2.05, 4.69) is 31.2 Å². The molecule has 0 atom stereocenters. The molecule has 0 bridgehead atoms. The van der Waals surface area contributed by atoms with E-state index in [-0.39, 0.29) is 5.91 Å². The third kappa shape index (κ3) is 4.16. The Morgan fingerprint density at radius 2 is 1.86 bits per heavy atom. The molecule has 1 amide bonds. The van der Waals surface area contributed by atoms with Crippen molar-refractivity contribution in [2.45, 2.75) is 0 Å². The van der Waals surface area contributed by atoms with Crippen LogP contribution in [0.15, 0.2) is 77.3 Å². The van der Waals surface area contributed by atoms with Crippen molar-refractivity contribution in [1.82, 2.24) is 15.3 Å². The van der Waals surface area contributed by atoms with Crippen LogP contribution in [0.3, 0.4) is 0 Å². The second kappa shape index (κ2) is 8.00. The molecule has 0 aliphatic heterocycles. The zero-order chi connectivity index (χ0) is 19.5. The minimum Gasteiger partial charge on any atom is -0.337 e. The Morgan fingerprint density at radius 3 is 2.64 bits per heavy atom. The Labute approximate surface area is 175 Å². The van der Waals surface area contributed by atoms with Crippen molar-refractivity contribution in [2.75, 3.05) is 0 Å². The Balaban J connectivity index is 1.77. The Bertz CT molecular complexity index is 1180. The number of hydrogen-bond donors (Lipinski definition) is 2. The van der Waals surface area contributed by atoms with Gasteiger partial charge < -0.3 is 10.3 Å². The maximum Gasteiger partial charge on any atom is 0.255 e. The number of rotatable bonds is 4. The number of aromatic amines is 1. The van der Waals surface area contributed by atoms with E-state index in [9.17, 15) is 4.79 Å². The third-order valence-electron chi connectivity index (χ3n) is 4.14. The highest BCUT2D eigenvalue weighted by Gasteiger charge is 2.13. The van der Waals surface area contributed by atoms with E-state index in [1.807, 2.05) is 60.7 Å². The highest BCUT2D eigenvalue weighted by Crippen LogP contribution is 2.22. The molecular formula is C22H15BrClN3O. The van der Waals surface area contributed by atoms with Crippen LogP contribution in [-0.2, 0) is 0 Å². The van der Waals surface area contributed by atoms with Crippen molar-refractivity contribution in [3.63, 3.8) is 0 Å². The SMILES string of the molecule is O=C(N/C(=C/c1cccc(Br)c1)c1nc2ccc(Cl)cc2[nH]1)c1ccccc1. The lowest BCUT2D eigenvalue weighted by molar-refractivity contribution is 0.0973. The number of halogens is 2. The van der Waals surface area contributed by atoms with Crippen LogP contribution in [-0.4, -0.2) is 15.9 Å². The second-order valence-electron chi connectivity index (χ2n) is 6.18. The van der Waals surface area contributed by atoms with Crippen LogP contribution in [0.5, 0.6) is 0 Å². The number of fused-ring (bicyclic) bond motifs is 1. The average molecular weight is 453 g/mol. The molecule has 0 fully saturated rings. The predicted octanol–water partition coefficient (Wildman–Crippen LogP) is 5.91. The molecule has 3 aromatic carbocycles. The summed E-state index contributed by atoms with van der Waals surface area (Å²) in [5, 5.41) is 3.59. The summed E-state index contributed by atoms with van der Waals surface area (Å²) in [6.07, 6.45) is 1.88. The van der Waals surface area contributed by atoms with Gasteiger partial charge in [0.05, 0.1) is 16.7 Å². The third-order valence-corrected chi connectivity index (χ3v) is 4.87. The predicted molar refractivity (Wildman–Crippen MR) is 117 cm³/mol. The molecule has 4 rings (SSSR count). The van der Waals surface area contributed by atoms with E-state index >= 15 is 0 Å². The normalized spacial score (nSPS) is 11.6. The second-order valence-corrected chi connectivity index (χ2v) is 7.53. The minimum absolute atomic E-state index is 0.208. The van der Waals surface area contributed by atoms with Crippen LogP contribution in [0, 0.1) is 0 Å². The van der Waals surface area contributed by atoms with Crippen LogP contribution >= 0.6 is 27.5 Å². The fourth-order valence-corrected chi connectivity index (χ4v) is 3.41. The molecule has 0 saturated carbocycles. The number of H-pyrrole nitrogens is 1. The lowest BCUT2D eigenvalue weighted by Gasteiger charge is -2.08. The van der Waals surface area contributed by atoms with E-state index < -0.39 is 0 Å². The van der Waals surface area contributed by atoms with Gasteiger partial charge in [0.2, 0.25) is 0 Å². The number of nitrogens with one attached hydrogen (secondary N) is 2. The van der Waals surface area contributed by atoms with Gasteiger partial charge in [0.25, 0.3) is 5.91 Å². The Morgan fingerprint density at radius 1 is 1.04 bits per heavy atom. The summed E-state index contributed by atoms with van der Waals surface area (Å²) in [5.41, 5.74) is 3.64. The minimum atomic E-state index is -0.208. The summed E-state index contributed by atoms with van der Waals surface area (Å²) in [5.74, 6) is 0.349. The largest absolute Gasteiger partial charge is 0.337 e. The number of benzene rings is 3. The molecule has 1 aromatic heterocycles. The molecule has 0 radical (unpaired) electrons. The zero-order valence-electron chi connectivity index (χ0n) is 14.6. The highest BCUT2D eigenvalue weighted by atomic mass is 79.9. The van der Waals surface area contributed by atoms with Crippen LogP contribution in [0.4, 0.5) is 0 Å². The number of carbonyl (C=O) groups is 1. The maximum atomic E-state index is 12.7. The van der Waals surface area contributed by atoms with E-state index in [4.69, 9.17) is 11.6 Å². The molecule has 1 heterocycles. The van der Waals surface area contributed by atoms with Crippen molar-refractivity contribution >= 4 is 56.2 Å². The summed E-state index contributed by atoms with van der Waals surface area (Å²) in [4.78, 5) is 20.6. The molecule has 4 aromatic rings. The van der Waals surface area contributed by atoms with Gasteiger partial charge in [-0.2, -0.15) is 0 Å². The molecule has 0 aliphatic carbocycles. The number of aromatic nitrogens is 2. The van der Waals surface area contributed by atoms with Gasteiger partial charge in [-0.15, -0.1) is 0 Å². The average Bonchev–Trinajstić information content (AvgIpc) is 3.11. The highest BCUT2D eigenvalue weighted by molar-refractivity contribution is 9.10. The smallest absolute Gasteiger partial charge is 0.255 e. The van der Waals surface area contributed by atoms with Gasteiger partial charge in [0.15, 0.2) is 5.82 Å². The van der Waals surface area contributed by atoms with Crippen LogP contribution in [0.1, 0.15) is 21.7 Å². The standard InChI is InChI=1S/C22H15BrClN3O/c23-16-8-4-5-14(11-16)12-20(27-22(28)15-6-2-1-3-7-15)21-25-18-10-9-17(24)13-19(18)26-21/h1-13H,(H,25,26)(H,27,28)/b20-12+. The summed E-state index contributed by atoms with van der Waals surface area (Å²) in [7, 11) is 0. The fourth-order valence-electron chi connectivity index (χ4n) is 2.82. The lowest BCUT2D eigenvalue weighted by atomic mass is 10.1. The molecule has 0 aliphatic rings. The van der Waals surface area contributed by atoms with E-state index in [1.165, 1.54) is 0 Å². The summed E-state index contributed by atoms with van der Waals surface area (Å²) >= 11 is 9.56. The number of nitrogens with zero attached hydrogens (tertiary/aromatic N) is 1. The molecular weight excluding hydrogens is 438 g/mol. The van der Waals surface area contributed by atoms with E-state index in [0.717, 1.165) is 21.1 Å². The van der Waals surface area contributed by atoms with Crippen molar-refractivity contribution in [2.24, 2.45) is 0 Å². The van der Waals surface area contributed by atoms with Crippen molar-refractivity contribution in [3.05, 3.63) is 99.2 Å². The number of hydrogen-bond acceptors (Lipinski definition) is 2. The van der Waals surface area contributed by atoms with E-state index in [0.29, 0.717) is 22.1 Å². The van der Waals surface area contributed by atoms with Gasteiger partial charge in [-0.1, -0.05) is 57.9 Å². The Hall–Kier alpha value is -2.89. The molecule has 6 heteroatoms. The first kappa shape index (κ1) is 18.5. The number of carbonyl (C=O) groups excluding carboxylic acids is 1. The fraction of sp³-hybridized carbons (Fsp3) is 0. The molecule has 2 N–H and O–H groups in total. The molecule has 0 unspecified atom stereocenters. The topological polar surface area (TPSA) is 57.8 Å². The Kier molecular flexibility index (Phi) is 5.28. The lowest BCUT2D eigenvalue weighted by Crippen LogP contribution is -2.22. The van der Waals surface area contributed by atoms with Gasteiger partial charge in [0, 0.05) is 15.1 Å². The number of imidazole rings is 1. The van der Waals surface area contributed by atoms with E-state index in [1.54, 1.807) is 18.2 Å². The first-order valence-electron chi connectivity index (χ1n) is 8.58. The van der Waals surface area contributed by atoms with Gasteiger partial charge in [-0.25, -0.2) is 4.98 Å². The maximum absolute atomic E-state index is 12.7. The molecule has 4 nitrogen and oxygen atoms in total. The molecule has 0 saturated heterocycles. The quantitative estimate of drug-likeness (QED) is 0.404. The van der Waals surface area contributed by atoms with Crippen molar-refractivity contribution in [3.8, 4) is 0 Å². The molecule has 138 valence electrons. The van der Waals surface area contributed by atoms with Gasteiger partial charge in [-0.05, 0) is 54.1 Å². The van der Waals surface area contributed by atoms with Crippen LogP contribution in [0.25, 0.3) is 22.8 Å². The van der Waals surface area contributed by atoms with Crippen molar-refractivity contribution in [1.29, 1.82) is 0 Å². The zero-order valence-corrected chi connectivity index (χ0v) is 17.0. The number of amides is 1. The van der Waals surface area contributed by atoms with Crippen molar-refractivity contribution < 1.29 is 4.79 Å². The monoisotopic (exact) mass is 451 g/mol. The summed E-state index contributed by atoms with van der Waals surface area (Å²) in [6.45, 7) is 0.